The zero-order chi connectivity index (χ0) is 18.8. The Labute approximate surface area is 162 Å². The highest BCUT2D eigenvalue weighted by Crippen LogP contribution is 2.39. The van der Waals surface area contributed by atoms with Gasteiger partial charge < -0.3 is 19.9 Å². The number of β-amino-alcohol motifs (C(OH)–C–C–N with tert-alkyl or cyclic N) is 1. The second-order valence-electron chi connectivity index (χ2n) is 6.30. The molecule has 3 aromatic rings. The Morgan fingerprint density at radius 2 is 1.93 bits per heavy atom. The quantitative estimate of drug-likeness (QED) is 0.665. The number of rotatable bonds is 5. The van der Waals surface area contributed by atoms with Gasteiger partial charge in [-0.05, 0) is 48.6 Å². The molecule has 7 heteroatoms. The molecule has 1 aliphatic rings. The summed E-state index contributed by atoms with van der Waals surface area (Å²) >= 11 is 5.51. The summed E-state index contributed by atoms with van der Waals surface area (Å²) in [6.07, 6.45) is 3.57. The fourth-order valence-electron chi connectivity index (χ4n) is 3.58. The molecule has 3 heterocycles. The first kappa shape index (κ1) is 17.6. The summed E-state index contributed by atoms with van der Waals surface area (Å²) in [6.45, 7) is 0.343. The monoisotopic (exact) mass is 382 g/mol. The van der Waals surface area contributed by atoms with E-state index in [4.69, 9.17) is 12.2 Å². The van der Waals surface area contributed by atoms with Crippen molar-refractivity contribution in [3.05, 3.63) is 84.2 Å². The Bertz CT molecular complexity index is 946. The number of nitrogens with zero attached hydrogens (tertiary/aromatic N) is 3. The van der Waals surface area contributed by atoms with Gasteiger partial charge in [0.1, 0.15) is 5.82 Å². The van der Waals surface area contributed by atoms with Gasteiger partial charge in [0.25, 0.3) is 0 Å². The van der Waals surface area contributed by atoms with Crippen LogP contribution in [0, 0.1) is 5.82 Å². The maximum absolute atomic E-state index is 14.4. The van der Waals surface area contributed by atoms with E-state index in [1.807, 2.05) is 46.0 Å². The minimum atomic E-state index is -0.299. The molecular formula is C20H19FN4OS. The fraction of sp³-hybridized carbons (Fsp3) is 0.200. The predicted octanol–water partition coefficient (Wildman–Crippen LogP) is 2.98. The van der Waals surface area contributed by atoms with Crippen LogP contribution in [0.5, 0.6) is 0 Å². The van der Waals surface area contributed by atoms with E-state index in [9.17, 15) is 9.50 Å². The highest BCUT2D eigenvalue weighted by atomic mass is 32.1. The topological polar surface area (TPSA) is 53.3 Å². The molecule has 5 nitrogen and oxygen atoms in total. The summed E-state index contributed by atoms with van der Waals surface area (Å²) in [5.41, 5.74) is 2.18. The van der Waals surface area contributed by atoms with Gasteiger partial charge in [0, 0.05) is 24.6 Å². The van der Waals surface area contributed by atoms with E-state index in [0.717, 1.165) is 11.4 Å². The van der Waals surface area contributed by atoms with E-state index in [2.05, 4.69) is 10.3 Å². The SMILES string of the molecule is OCCN1C(=S)N[C@H](c2ccccn2)[C@H]1c1cccn1-c1ccccc1F. The van der Waals surface area contributed by atoms with Crippen molar-refractivity contribution in [3.8, 4) is 5.69 Å². The number of halogens is 1. The van der Waals surface area contributed by atoms with Crippen molar-refractivity contribution in [2.24, 2.45) is 0 Å². The number of aliphatic hydroxyl groups is 1. The Hall–Kier alpha value is -2.77. The van der Waals surface area contributed by atoms with Crippen molar-refractivity contribution in [2.45, 2.75) is 12.1 Å². The second kappa shape index (κ2) is 7.46. The lowest BCUT2D eigenvalue weighted by Crippen LogP contribution is -2.33. The van der Waals surface area contributed by atoms with Gasteiger partial charge in [-0.1, -0.05) is 18.2 Å². The van der Waals surface area contributed by atoms with Crippen LogP contribution in [-0.4, -0.2) is 37.8 Å². The fourth-order valence-corrected chi connectivity index (χ4v) is 3.91. The van der Waals surface area contributed by atoms with Crippen LogP contribution in [0.2, 0.25) is 0 Å². The molecular weight excluding hydrogens is 363 g/mol. The Kier molecular flexibility index (Phi) is 4.87. The molecule has 2 atom stereocenters. The Morgan fingerprint density at radius 1 is 1.11 bits per heavy atom. The third-order valence-corrected chi connectivity index (χ3v) is 5.09. The molecule has 0 saturated carbocycles. The second-order valence-corrected chi connectivity index (χ2v) is 6.68. The highest BCUT2D eigenvalue weighted by molar-refractivity contribution is 7.80. The molecule has 1 aromatic carbocycles. The number of nitrogens with one attached hydrogen (secondary N) is 1. The van der Waals surface area contributed by atoms with Crippen molar-refractivity contribution >= 4 is 17.3 Å². The molecule has 4 rings (SSSR count). The summed E-state index contributed by atoms with van der Waals surface area (Å²) in [4.78, 5) is 6.41. The molecule has 27 heavy (non-hydrogen) atoms. The summed E-state index contributed by atoms with van der Waals surface area (Å²) in [6, 6.07) is 15.8. The molecule has 0 unspecified atom stereocenters. The lowest BCUT2D eigenvalue weighted by atomic mass is 10.0. The van der Waals surface area contributed by atoms with Gasteiger partial charge in [-0.3, -0.25) is 4.98 Å². The van der Waals surface area contributed by atoms with Crippen molar-refractivity contribution in [3.63, 3.8) is 0 Å². The van der Waals surface area contributed by atoms with Crippen LogP contribution in [0.25, 0.3) is 5.69 Å². The first-order valence-corrected chi connectivity index (χ1v) is 9.12. The van der Waals surface area contributed by atoms with Gasteiger partial charge in [-0.2, -0.15) is 0 Å². The molecule has 0 aliphatic carbocycles. The first-order valence-electron chi connectivity index (χ1n) is 8.72. The summed E-state index contributed by atoms with van der Waals surface area (Å²) in [7, 11) is 0. The molecule has 2 N–H and O–H groups in total. The van der Waals surface area contributed by atoms with E-state index in [1.54, 1.807) is 24.4 Å². The van der Waals surface area contributed by atoms with E-state index in [-0.39, 0.29) is 24.5 Å². The number of hydrogen-bond acceptors (Lipinski definition) is 3. The number of aliphatic hydroxyl groups excluding tert-OH is 1. The van der Waals surface area contributed by atoms with E-state index in [0.29, 0.717) is 17.3 Å². The van der Waals surface area contributed by atoms with Gasteiger partial charge in [-0.15, -0.1) is 0 Å². The predicted molar refractivity (Wildman–Crippen MR) is 105 cm³/mol. The van der Waals surface area contributed by atoms with Crippen molar-refractivity contribution in [2.75, 3.05) is 13.2 Å². The number of hydrogen-bond donors (Lipinski definition) is 2. The van der Waals surface area contributed by atoms with Crippen LogP contribution in [-0.2, 0) is 0 Å². The average molecular weight is 382 g/mol. The van der Waals surface area contributed by atoms with Crippen LogP contribution in [0.1, 0.15) is 23.5 Å². The first-order chi connectivity index (χ1) is 13.2. The van der Waals surface area contributed by atoms with Crippen LogP contribution in [0.15, 0.2) is 67.0 Å². The molecule has 0 amide bonds. The van der Waals surface area contributed by atoms with Crippen LogP contribution in [0.4, 0.5) is 4.39 Å². The largest absolute Gasteiger partial charge is 0.395 e. The standard InChI is InChI=1S/C20H19FN4OS/c21-14-6-1-2-8-16(14)24-11-5-9-17(24)19-18(15-7-3-4-10-22-15)23-20(27)25(19)12-13-26/h1-11,18-19,26H,12-13H2,(H,23,27)/t18-,19-/m1/s1. The van der Waals surface area contributed by atoms with E-state index < -0.39 is 0 Å². The van der Waals surface area contributed by atoms with Crippen molar-refractivity contribution in [1.29, 1.82) is 0 Å². The van der Waals surface area contributed by atoms with Gasteiger partial charge in [0.15, 0.2) is 5.11 Å². The van der Waals surface area contributed by atoms with Crippen LogP contribution in [0.3, 0.4) is 0 Å². The maximum atomic E-state index is 14.4. The van der Waals surface area contributed by atoms with Gasteiger partial charge in [0.05, 0.1) is 30.1 Å². The van der Waals surface area contributed by atoms with Crippen molar-refractivity contribution in [1.82, 2.24) is 19.8 Å². The molecule has 1 fully saturated rings. The van der Waals surface area contributed by atoms with Crippen LogP contribution < -0.4 is 5.32 Å². The minimum absolute atomic E-state index is 0.0341. The summed E-state index contributed by atoms with van der Waals surface area (Å²) < 4.78 is 16.3. The molecule has 1 saturated heterocycles. The van der Waals surface area contributed by atoms with Gasteiger partial charge in [-0.25, -0.2) is 4.39 Å². The van der Waals surface area contributed by atoms with Crippen molar-refractivity contribution < 1.29 is 9.50 Å². The summed E-state index contributed by atoms with van der Waals surface area (Å²) in [5, 5.41) is 13.4. The lowest BCUT2D eigenvalue weighted by molar-refractivity contribution is 0.220. The third-order valence-electron chi connectivity index (χ3n) is 4.73. The molecule has 0 radical (unpaired) electrons. The smallest absolute Gasteiger partial charge is 0.170 e. The van der Waals surface area contributed by atoms with Gasteiger partial charge >= 0.3 is 0 Å². The Morgan fingerprint density at radius 3 is 2.67 bits per heavy atom. The van der Waals surface area contributed by atoms with E-state index >= 15 is 0 Å². The average Bonchev–Trinajstić information content (AvgIpc) is 3.28. The minimum Gasteiger partial charge on any atom is -0.395 e. The molecule has 1 aliphatic heterocycles. The molecule has 0 bridgehead atoms. The number of para-hydroxylation sites is 1. The molecule has 138 valence electrons. The number of aromatic nitrogens is 2. The van der Waals surface area contributed by atoms with Crippen LogP contribution >= 0.6 is 12.2 Å². The maximum Gasteiger partial charge on any atom is 0.170 e. The number of thiocarbonyl (C=S) groups is 1. The van der Waals surface area contributed by atoms with E-state index in [1.165, 1.54) is 6.07 Å². The molecule has 0 spiro atoms. The number of pyridine rings is 1. The number of benzene rings is 1. The normalized spacial score (nSPS) is 19.3. The third kappa shape index (κ3) is 3.20. The lowest BCUT2D eigenvalue weighted by Gasteiger charge is -2.28. The zero-order valence-corrected chi connectivity index (χ0v) is 15.3. The summed E-state index contributed by atoms with van der Waals surface area (Å²) in [5.74, 6) is -0.299. The zero-order valence-electron chi connectivity index (χ0n) is 14.5. The Balaban J connectivity index is 1.83. The highest BCUT2D eigenvalue weighted by Gasteiger charge is 2.41. The van der Waals surface area contributed by atoms with Gasteiger partial charge in [0.2, 0.25) is 0 Å². The molecule has 2 aromatic heterocycles.